The number of hydrogen-bond donors (Lipinski definition) is 2. The average Bonchev–Trinajstić information content (AvgIpc) is 3.27. The zero-order valence-corrected chi connectivity index (χ0v) is 20.2. The number of amides is 1. The minimum absolute atomic E-state index is 0.282. The predicted octanol–water partition coefficient (Wildman–Crippen LogP) is 4.96. The molecule has 1 atom stereocenters. The van der Waals surface area contributed by atoms with Crippen molar-refractivity contribution in [1.82, 2.24) is 20.2 Å². The van der Waals surface area contributed by atoms with Gasteiger partial charge in [0.2, 0.25) is 0 Å². The molecule has 0 fully saturated rings. The predicted molar refractivity (Wildman–Crippen MR) is 137 cm³/mol. The fraction of sp³-hybridized carbons (Fsp3) is 0.154. The van der Waals surface area contributed by atoms with Gasteiger partial charge in [-0.15, -0.1) is 10.2 Å². The lowest BCUT2D eigenvalue weighted by molar-refractivity contribution is -0.120. The van der Waals surface area contributed by atoms with Crippen molar-refractivity contribution in [3.8, 4) is 5.69 Å². The van der Waals surface area contributed by atoms with Gasteiger partial charge in [-0.25, -0.2) is 9.82 Å². The topological polar surface area (TPSA) is 84.2 Å². The molecule has 178 valence electrons. The minimum Gasteiger partial charge on any atom is -0.378 e. The van der Waals surface area contributed by atoms with E-state index in [9.17, 15) is 9.18 Å². The molecule has 4 rings (SSSR count). The summed E-state index contributed by atoms with van der Waals surface area (Å²) in [6.45, 7) is 4.29. The van der Waals surface area contributed by atoms with E-state index in [1.165, 1.54) is 35.7 Å². The number of para-hydroxylation sites is 1. The zero-order chi connectivity index (χ0) is 24.6. The van der Waals surface area contributed by atoms with E-state index < -0.39 is 5.25 Å². The zero-order valence-electron chi connectivity index (χ0n) is 19.4. The summed E-state index contributed by atoms with van der Waals surface area (Å²) in [6, 6.07) is 23.8. The van der Waals surface area contributed by atoms with E-state index in [0.29, 0.717) is 17.3 Å². The minimum atomic E-state index is -0.482. The van der Waals surface area contributed by atoms with Gasteiger partial charge in [-0.3, -0.25) is 9.36 Å². The van der Waals surface area contributed by atoms with Crippen molar-refractivity contribution in [2.24, 2.45) is 5.10 Å². The second-order valence-electron chi connectivity index (χ2n) is 7.84. The first-order valence-corrected chi connectivity index (χ1v) is 11.9. The van der Waals surface area contributed by atoms with Crippen LogP contribution in [0.5, 0.6) is 0 Å². The summed E-state index contributed by atoms with van der Waals surface area (Å²) in [5.41, 5.74) is 6.29. The van der Waals surface area contributed by atoms with Crippen LogP contribution in [0.25, 0.3) is 5.69 Å². The van der Waals surface area contributed by atoms with E-state index in [-0.39, 0.29) is 11.7 Å². The Morgan fingerprint density at radius 3 is 2.49 bits per heavy atom. The highest BCUT2D eigenvalue weighted by molar-refractivity contribution is 8.00. The number of nitrogens with zero attached hydrogens (tertiary/aromatic N) is 4. The molecule has 4 aromatic rings. The molecular formula is C26H25FN6OS. The summed E-state index contributed by atoms with van der Waals surface area (Å²) in [5.74, 6) is 0.115. The maximum absolute atomic E-state index is 13.0. The van der Waals surface area contributed by atoms with Gasteiger partial charge in [0.25, 0.3) is 5.91 Å². The molecule has 3 aromatic carbocycles. The molecule has 2 N–H and O–H groups in total. The van der Waals surface area contributed by atoms with E-state index >= 15 is 0 Å². The maximum Gasteiger partial charge on any atom is 0.253 e. The molecular weight excluding hydrogens is 463 g/mol. The highest BCUT2D eigenvalue weighted by Crippen LogP contribution is 2.26. The normalized spacial score (nSPS) is 12.0. The first-order valence-electron chi connectivity index (χ1n) is 11.0. The monoisotopic (exact) mass is 488 g/mol. The number of anilines is 1. The quantitative estimate of drug-likeness (QED) is 0.198. The van der Waals surface area contributed by atoms with Crippen molar-refractivity contribution in [3.63, 3.8) is 0 Å². The lowest BCUT2D eigenvalue weighted by Gasteiger charge is -2.13. The number of rotatable bonds is 9. The number of carbonyl (C=O) groups is 1. The molecule has 0 aliphatic carbocycles. The number of halogens is 1. The first-order chi connectivity index (χ1) is 17.0. The van der Waals surface area contributed by atoms with Crippen LogP contribution in [0.1, 0.15) is 23.9 Å². The van der Waals surface area contributed by atoms with Gasteiger partial charge in [-0.05, 0) is 55.8 Å². The third-order valence-corrected chi connectivity index (χ3v) is 6.17. The van der Waals surface area contributed by atoms with Crippen molar-refractivity contribution in [1.29, 1.82) is 0 Å². The van der Waals surface area contributed by atoms with Gasteiger partial charge in [0.15, 0.2) is 11.0 Å². The van der Waals surface area contributed by atoms with Crippen LogP contribution in [0, 0.1) is 12.7 Å². The Bertz CT molecular complexity index is 1290. The molecule has 1 aromatic heterocycles. The lowest BCUT2D eigenvalue weighted by atomic mass is 10.2. The highest BCUT2D eigenvalue weighted by atomic mass is 32.2. The maximum atomic E-state index is 13.0. The van der Waals surface area contributed by atoms with Crippen molar-refractivity contribution >= 4 is 29.6 Å². The Balaban J connectivity index is 1.46. The van der Waals surface area contributed by atoms with Crippen LogP contribution in [0.3, 0.4) is 0 Å². The van der Waals surface area contributed by atoms with E-state index in [2.05, 4.69) is 26.0 Å². The standard InChI is InChI=1S/C26H25FN6OS/c1-18-8-14-22(15-9-18)28-17-24-30-32-26(33(24)23-6-4-3-5-7-23)35-19(2)25(34)31-29-16-20-10-12-21(27)13-11-20/h3-16,19,28H,17H2,1-2H3,(H,31,34)/t19-/m1/s1. The van der Waals surface area contributed by atoms with Gasteiger partial charge in [0.05, 0.1) is 18.0 Å². The number of thioether (sulfide) groups is 1. The third-order valence-electron chi connectivity index (χ3n) is 5.13. The van der Waals surface area contributed by atoms with E-state index in [4.69, 9.17) is 0 Å². The van der Waals surface area contributed by atoms with Gasteiger partial charge >= 0.3 is 0 Å². The van der Waals surface area contributed by atoms with Gasteiger partial charge in [-0.2, -0.15) is 5.10 Å². The van der Waals surface area contributed by atoms with Gasteiger partial charge in [-0.1, -0.05) is 59.8 Å². The number of aryl methyl sites for hydroxylation is 1. The summed E-state index contributed by atoms with van der Waals surface area (Å²) < 4.78 is 15.0. The van der Waals surface area contributed by atoms with Crippen molar-refractivity contribution in [2.45, 2.75) is 30.8 Å². The molecule has 0 bridgehead atoms. The molecule has 0 radical (unpaired) electrons. The Kier molecular flexibility index (Phi) is 7.89. The Morgan fingerprint density at radius 2 is 1.77 bits per heavy atom. The Hall–Kier alpha value is -3.98. The van der Waals surface area contributed by atoms with Crippen LogP contribution in [0.4, 0.5) is 10.1 Å². The fourth-order valence-corrected chi connectivity index (χ4v) is 4.08. The number of nitrogens with one attached hydrogen (secondary N) is 2. The molecule has 1 heterocycles. The van der Waals surface area contributed by atoms with Crippen LogP contribution in [-0.2, 0) is 11.3 Å². The summed E-state index contributed by atoms with van der Waals surface area (Å²) in [7, 11) is 0. The Morgan fingerprint density at radius 1 is 1.06 bits per heavy atom. The molecule has 0 saturated carbocycles. The third kappa shape index (κ3) is 6.54. The molecule has 35 heavy (non-hydrogen) atoms. The molecule has 7 nitrogen and oxygen atoms in total. The smallest absolute Gasteiger partial charge is 0.253 e. The Labute approximate surface area is 207 Å². The van der Waals surface area contributed by atoms with Gasteiger partial charge < -0.3 is 5.32 Å². The van der Waals surface area contributed by atoms with Crippen molar-refractivity contribution in [2.75, 3.05) is 5.32 Å². The van der Waals surface area contributed by atoms with Gasteiger partial charge in [0, 0.05) is 11.4 Å². The molecule has 1 amide bonds. The number of carbonyl (C=O) groups excluding carboxylic acids is 1. The molecule has 0 aliphatic rings. The first kappa shape index (κ1) is 24.2. The van der Waals surface area contributed by atoms with Gasteiger partial charge in [0.1, 0.15) is 5.82 Å². The summed E-state index contributed by atoms with van der Waals surface area (Å²) in [5, 5.41) is 16.2. The summed E-state index contributed by atoms with van der Waals surface area (Å²) >= 11 is 1.29. The van der Waals surface area contributed by atoms with E-state index in [1.807, 2.05) is 66.1 Å². The van der Waals surface area contributed by atoms with E-state index in [1.54, 1.807) is 19.1 Å². The van der Waals surface area contributed by atoms with Crippen LogP contribution < -0.4 is 10.7 Å². The van der Waals surface area contributed by atoms with Crippen molar-refractivity contribution in [3.05, 3.63) is 102 Å². The van der Waals surface area contributed by atoms with Crippen LogP contribution in [-0.4, -0.2) is 32.1 Å². The van der Waals surface area contributed by atoms with Crippen LogP contribution in [0.2, 0.25) is 0 Å². The number of aromatic nitrogens is 3. The largest absolute Gasteiger partial charge is 0.378 e. The van der Waals surface area contributed by atoms with Crippen molar-refractivity contribution < 1.29 is 9.18 Å². The summed E-state index contributed by atoms with van der Waals surface area (Å²) in [4.78, 5) is 12.6. The number of hydrazone groups is 1. The molecule has 9 heteroatoms. The summed E-state index contributed by atoms with van der Waals surface area (Å²) in [6.07, 6.45) is 1.47. The molecule has 0 aliphatic heterocycles. The second-order valence-corrected chi connectivity index (χ2v) is 9.14. The van der Waals surface area contributed by atoms with E-state index in [0.717, 1.165) is 17.2 Å². The average molecular weight is 489 g/mol. The van der Waals surface area contributed by atoms with Crippen LogP contribution in [0.15, 0.2) is 89.1 Å². The second kappa shape index (κ2) is 11.4. The van der Waals surface area contributed by atoms with Crippen LogP contribution >= 0.6 is 11.8 Å². The molecule has 0 saturated heterocycles. The number of hydrogen-bond acceptors (Lipinski definition) is 6. The lowest BCUT2D eigenvalue weighted by Crippen LogP contribution is -2.27. The number of benzene rings is 3. The molecule has 0 spiro atoms. The highest BCUT2D eigenvalue weighted by Gasteiger charge is 2.21. The molecule has 0 unspecified atom stereocenters. The SMILES string of the molecule is Cc1ccc(NCc2nnc(S[C@H](C)C(=O)NN=Cc3ccc(F)cc3)n2-c2ccccc2)cc1. The fourth-order valence-electron chi connectivity index (χ4n) is 3.20.